The maximum Gasteiger partial charge on any atom is 0.433 e. The van der Waals surface area contributed by atoms with Gasteiger partial charge < -0.3 is 19.5 Å². The first-order valence-corrected chi connectivity index (χ1v) is 10.2. The maximum absolute atomic E-state index is 12.9. The number of aryl methyl sites for hydroxylation is 1. The summed E-state index contributed by atoms with van der Waals surface area (Å²) >= 11 is 0. The molecule has 2 aromatic carbocycles. The summed E-state index contributed by atoms with van der Waals surface area (Å²) in [5.74, 6) is 1.12. The third-order valence-corrected chi connectivity index (χ3v) is 4.53. The Morgan fingerprint density at radius 1 is 0.970 bits per heavy atom. The number of halogens is 3. The molecule has 10 heteroatoms. The van der Waals surface area contributed by atoms with Gasteiger partial charge in [0.05, 0.1) is 13.2 Å². The van der Waals surface area contributed by atoms with E-state index in [9.17, 15) is 18.0 Å². The van der Waals surface area contributed by atoms with Gasteiger partial charge >= 0.3 is 6.18 Å². The molecule has 0 saturated carbocycles. The fourth-order valence-corrected chi connectivity index (χ4v) is 3.03. The lowest BCUT2D eigenvalue weighted by Crippen LogP contribution is -2.13. The van der Waals surface area contributed by atoms with Crippen molar-refractivity contribution < 1.29 is 32.2 Å². The number of benzene rings is 2. The van der Waals surface area contributed by atoms with Crippen LogP contribution in [0.5, 0.6) is 17.2 Å². The number of aromatic nitrogens is 2. The van der Waals surface area contributed by atoms with Gasteiger partial charge in [-0.2, -0.15) is 18.3 Å². The third-order valence-electron chi connectivity index (χ3n) is 4.53. The minimum Gasteiger partial charge on any atom is -0.490 e. The van der Waals surface area contributed by atoms with Crippen LogP contribution in [0.25, 0.3) is 0 Å². The molecule has 7 nitrogen and oxygen atoms in total. The van der Waals surface area contributed by atoms with Gasteiger partial charge in [0, 0.05) is 18.8 Å². The Morgan fingerprint density at radius 3 is 2.24 bits per heavy atom. The van der Waals surface area contributed by atoms with E-state index in [-0.39, 0.29) is 12.3 Å². The quantitative estimate of drug-likeness (QED) is 0.480. The van der Waals surface area contributed by atoms with Gasteiger partial charge in [0.2, 0.25) is 0 Å². The van der Waals surface area contributed by atoms with E-state index < -0.39 is 17.8 Å². The minimum absolute atomic E-state index is 0.284. The summed E-state index contributed by atoms with van der Waals surface area (Å²) in [5.41, 5.74) is -0.0508. The fourth-order valence-electron chi connectivity index (χ4n) is 3.03. The van der Waals surface area contributed by atoms with Crippen molar-refractivity contribution in [3.8, 4) is 17.2 Å². The highest BCUT2D eigenvalue weighted by atomic mass is 19.4. The lowest BCUT2D eigenvalue weighted by molar-refractivity contribution is -0.143. The van der Waals surface area contributed by atoms with Crippen LogP contribution in [0, 0.1) is 0 Å². The highest BCUT2D eigenvalue weighted by Gasteiger charge is 2.35. The molecule has 0 saturated heterocycles. The van der Waals surface area contributed by atoms with Gasteiger partial charge in [0.25, 0.3) is 5.91 Å². The van der Waals surface area contributed by atoms with Gasteiger partial charge in [-0.25, -0.2) is 0 Å². The van der Waals surface area contributed by atoms with Gasteiger partial charge in [-0.1, -0.05) is 6.07 Å². The van der Waals surface area contributed by atoms with Crippen molar-refractivity contribution in [2.45, 2.75) is 26.6 Å². The molecule has 0 spiro atoms. The number of carbonyl (C=O) groups is 1. The van der Waals surface area contributed by atoms with Gasteiger partial charge in [0.1, 0.15) is 18.1 Å². The zero-order chi connectivity index (χ0) is 24.0. The van der Waals surface area contributed by atoms with Crippen LogP contribution < -0.4 is 19.5 Å². The fraction of sp³-hybridized carbons (Fsp3) is 0.304. The molecule has 0 bridgehead atoms. The van der Waals surface area contributed by atoms with Gasteiger partial charge in [-0.05, 0) is 55.8 Å². The number of amides is 1. The van der Waals surface area contributed by atoms with Crippen LogP contribution in [0.3, 0.4) is 0 Å². The topological polar surface area (TPSA) is 74.6 Å². The Balaban J connectivity index is 1.61. The van der Waals surface area contributed by atoms with Crippen LogP contribution in [-0.4, -0.2) is 28.9 Å². The molecule has 0 aliphatic carbocycles. The predicted octanol–water partition coefficient (Wildman–Crippen LogP) is 5.07. The zero-order valence-corrected chi connectivity index (χ0v) is 18.4. The number of carbonyl (C=O) groups excluding carboxylic acids is 1. The highest BCUT2D eigenvalue weighted by molar-refractivity contribution is 6.02. The summed E-state index contributed by atoms with van der Waals surface area (Å²) in [6.45, 7) is 5.11. The van der Waals surface area contributed by atoms with E-state index in [0.29, 0.717) is 46.9 Å². The molecule has 0 fully saturated rings. The summed E-state index contributed by atoms with van der Waals surface area (Å²) in [7, 11) is 1.13. The van der Waals surface area contributed by atoms with Crippen molar-refractivity contribution in [3.63, 3.8) is 0 Å². The van der Waals surface area contributed by atoms with E-state index in [1.165, 1.54) is 0 Å². The normalized spacial score (nSPS) is 11.2. The number of nitrogens with one attached hydrogen (secondary N) is 1. The molecule has 0 unspecified atom stereocenters. The summed E-state index contributed by atoms with van der Waals surface area (Å²) in [5, 5.41) is 6.16. The average Bonchev–Trinajstić information content (AvgIpc) is 3.17. The molecule has 3 rings (SSSR count). The zero-order valence-electron chi connectivity index (χ0n) is 18.4. The van der Waals surface area contributed by atoms with Gasteiger partial charge in [-0.3, -0.25) is 9.48 Å². The lowest BCUT2D eigenvalue weighted by Gasteiger charge is -2.13. The van der Waals surface area contributed by atoms with Crippen LogP contribution >= 0.6 is 0 Å². The standard InChI is InChI=1S/C23H24F3N3O4/c1-4-31-19-11-6-15(12-20(19)32-5-2)14-33-17-9-7-16(8-10-17)27-22(30)18-13-21(23(24,25)26)29(3)28-18/h6-13H,4-5,14H2,1-3H3,(H,27,30). The molecular formula is C23H24F3N3O4. The summed E-state index contributed by atoms with van der Waals surface area (Å²) in [6, 6.07) is 12.7. The molecule has 0 aliphatic heterocycles. The molecule has 0 atom stereocenters. The van der Waals surface area contributed by atoms with Crippen molar-refractivity contribution in [2.75, 3.05) is 18.5 Å². The van der Waals surface area contributed by atoms with Crippen LogP contribution in [0.4, 0.5) is 18.9 Å². The third kappa shape index (κ3) is 6.18. The number of nitrogens with zero attached hydrogens (tertiary/aromatic N) is 2. The molecule has 3 aromatic rings. The summed E-state index contributed by atoms with van der Waals surface area (Å²) in [4.78, 5) is 12.3. The second-order valence-corrected chi connectivity index (χ2v) is 6.95. The second kappa shape index (κ2) is 10.3. The van der Waals surface area contributed by atoms with Crippen molar-refractivity contribution in [2.24, 2.45) is 7.05 Å². The number of anilines is 1. The van der Waals surface area contributed by atoms with E-state index in [1.807, 2.05) is 32.0 Å². The number of ether oxygens (including phenoxy) is 3. The maximum atomic E-state index is 12.9. The first-order chi connectivity index (χ1) is 15.7. The Hall–Kier alpha value is -3.69. The molecule has 33 heavy (non-hydrogen) atoms. The number of hydrogen-bond acceptors (Lipinski definition) is 5. The second-order valence-electron chi connectivity index (χ2n) is 6.95. The predicted molar refractivity (Wildman–Crippen MR) is 116 cm³/mol. The number of hydrogen-bond donors (Lipinski definition) is 1. The molecule has 1 N–H and O–H groups in total. The van der Waals surface area contributed by atoms with Crippen LogP contribution in [0.1, 0.15) is 35.6 Å². The average molecular weight is 463 g/mol. The molecule has 1 amide bonds. The smallest absolute Gasteiger partial charge is 0.433 e. The van der Waals surface area contributed by atoms with Gasteiger partial charge in [0.15, 0.2) is 17.2 Å². The van der Waals surface area contributed by atoms with E-state index in [4.69, 9.17) is 14.2 Å². The van der Waals surface area contributed by atoms with E-state index in [1.54, 1.807) is 24.3 Å². The summed E-state index contributed by atoms with van der Waals surface area (Å²) < 4.78 is 56.2. The van der Waals surface area contributed by atoms with E-state index >= 15 is 0 Å². The van der Waals surface area contributed by atoms with Crippen LogP contribution in [-0.2, 0) is 19.8 Å². The van der Waals surface area contributed by atoms with Crippen molar-refractivity contribution >= 4 is 11.6 Å². The Labute approximate surface area is 189 Å². The van der Waals surface area contributed by atoms with E-state index in [0.717, 1.165) is 12.6 Å². The van der Waals surface area contributed by atoms with Crippen molar-refractivity contribution in [3.05, 3.63) is 65.5 Å². The first kappa shape index (κ1) is 24.0. The largest absolute Gasteiger partial charge is 0.490 e. The van der Waals surface area contributed by atoms with Crippen LogP contribution in [0.15, 0.2) is 48.5 Å². The molecule has 1 aromatic heterocycles. The molecule has 0 radical (unpaired) electrons. The van der Waals surface area contributed by atoms with Gasteiger partial charge in [-0.15, -0.1) is 0 Å². The SMILES string of the molecule is CCOc1ccc(COc2ccc(NC(=O)c3cc(C(F)(F)F)n(C)n3)cc2)cc1OCC. The van der Waals surface area contributed by atoms with E-state index in [2.05, 4.69) is 10.4 Å². The highest BCUT2D eigenvalue weighted by Crippen LogP contribution is 2.30. The Morgan fingerprint density at radius 2 is 1.64 bits per heavy atom. The Kier molecular flexibility index (Phi) is 7.47. The molecular weight excluding hydrogens is 439 g/mol. The first-order valence-electron chi connectivity index (χ1n) is 10.2. The van der Waals surface area contributed by atoms with Crippen molar-refractivity contribution in [1.29, 1.82) is 0 Å². The molecule has 1 heterocycles. The number of rotatable bonds is 9. The Bertz CT molecular complexity index is 1100. The van der Waals surface area contributed by atoms with Crippen LogP contribution in [0.2, 0.25) is 0 Å². The van der Waals surface area contributed by atoms with Crippen molar-refractivity contribution in [1.82, 2.24) is 9.78 Å². The summed E-state index contributed by atoms with van der Waals surface area (Å²) in [6.07, 6.45) is -4.59. The lowest BCUT2D eigenvalue weighted by atomic mass is 10.2. The molecule has 176 valence electrons. The minimum atomic E-state index is -4.59. The number of alkyl halides is 3. The molecule has 0 aliphatic rings. The monoisotopic (exact) mass is 463 g/mol.